The first-order valence-corrected chi connectivity index (χ1v) is 11.0. The van der Waals surface area contributed by atoms with Crippen molar-refractivity contribution >= 4 is 28.5 Å². The van der Waals surface area contributed by atoms with Crippen molar-refractivity contribution in [1.82, 2.24) is 10.3 Å². The van der Waals surface area contributed by atoms with E-state index in [2.05, 4.69) is 28.1 Å². The number of benzene rings is 2. The van der Waals surface area contributed by atoms with Crippen LogP contribution in [0.5, 0.6) is 0 Å². The lowest BCUT2D eigenvalue weighted by Gasteiger charge is -2.29. The Hall–Kier alpha value is -3.28. The predicted molar refractivity (Wildman–Crippen MR) is 125 cm³/mol. The molecule has 0 aliphatic heterocycles. The van der Waals surface area contributed by atoms with E-state index < -0.39 is 0 Å². The molecule has 162 valence electrons. The summed E-state index contributed by atoms with van der Waals surface area (Å²) < 4.78 is 5.30. The maximum atomic E-state index is 12.0. The van der Waals surface area contributed by atoms with Crippen LogP contribution in [0, 0.1) is 5.92 Å². The molecule has 1 aromatic heterocycles. The van der Waals surface area contributed by atoms with E-state index in [1.165, 1.54) is 0 Å². The number of hydrogen-bond donors (Lipinski definition) is 3. The van der Waals surface area contributed by atoms with Gasteiger partial charge in [-0.3, -0.25) is 0 Å². The number of carbonyl (C=O) groups excluding carboxylic acids is 1. The quantitative estimate of drug-likeness (QED) is 0.493. The van der Waals surface area contributed by atoms with E-state index >= 15 is 0 Å². The number of aromatic nitrogens is 1. The van der Waals surface area contributed by atoms with Gasteiger partial charge in [-0.15, -0.1) is 0 Å². The van der Waals surface area contributed by atoms with Crippen molar-refractivity contribution in [3.63, 3.8) is 0 Å². The minimum absolute atomic E-state index is 0.302. The summed E-state index contributed by atoms with van der Waals surface area (Å²) in [6.45, 7) is 0.967. The van der Waals surface area contributed by atoms with Crippen LogP contribution in [-0.2, 0) is 11.3 Å². The van der Waals surface area contributed by atoms with E-state index in [0.29, 0.717) is 25.1 Å². The van der Waals surface area contributed by atoms with Gasteiger partial charge in [0.2, 0.25) is 0 Å². The van der Waals surface area contributed by atoms with Crippen molar-refractivity contribution in [1.29, 1.82) is 0 Å². The first-order valence-electron chi connectivity index (χ1n) is 11.0. The van der Waals surface area contributed by atoms with E-state index in [0.717, 1.165) is 53.7 Å². The number of amides is 1. The summed E-state index contributed by atoms with van der Waals surface area (Å²) in [5.41, 5.74) is 3.07. The molecule has 3 aromatic rings. The monoisotopic (exact) mass is 418 g/mol. The van der Waals surface area contributed by atoms with Crippen LogP contribution in [-0.4, -0.2) is 30.7 Å². The average molecular weight is 419 g/mol. The predicted octanol–water partition coefficient (Wildman–Crippen LogP) is 5.17. The zero-order chi connectivity index (χ0) is 21.5. The zero-order valence-electron chi connectivity index (χ0n) is 17.9. The molecule has 4 rings (SSSR count). The maximum absolute atomic E-state index is 12.0. The van der Waals surface area contributed by atoms with Crippen LogP contribution < -0.4 is 16.0 Å². The molecule has 1 amide bonds. The summed E-state index contributed by atoms with van der Waals surface area (Å²) in [5, 5.41) is 10.9. The Labute approximate surface area is 183 Å². The molecular weight excluding hydrogens is 388 g/mol. The third-order valence-corrected chi connectivity index (χ3v) is 5.93. The highest BCUT2D eigenvalue weighted by atomic mass is 16.5. The van der Waals surface area contributed by atoms with Crippen LogP contribution in [0.2, 0.25) is 0 Å². The topological polar surface area (TPSA) is 75.3 Å². The fourth-order valence-corrected chi connectivity index (χ4v) is 4.18. The van der Waals surface area contributed by atoms with Gasteiger partial charge >= 0.3 is 6.09 Å². The van der Waals surface area contributed by atoms with E-state index in [1.54, 1.807) is 0 Å². The normalized spacial score (nSPS) is 18.4. The Morgan fingerprint density at radius 3 is 2.55 bits per heavy atom. The van der Waals surface area contributed by atoms with Gasteiger partial charge in [0.1, 0.15) is 12.4 Å². The van der Waals surface area contributed by atoms with Gasteiger partial charge in [-0.2, -0.15) is 0 Å². The molecule has 3 N–H and O–H groups in total. The number of alkyl carbamates (subject to hydrolysis) is 1. The number of nitrogens with one attached hydrogen (secondary N) is 3. The molecule has 0 spiro atoms. The van der Waals surface area contributed by atoms with E-state index in [4.69, 9.17) is 9.72 Å². The van der Waals surface area contributed by atoms with Crippen LogP contribution in [0.25, 0.3) is 10.9 Å². The van der Waals surface area contributed by atoms with Crippen molar-refractivity contribution in [2.75, 3.05) is 24.2 Å². The van der Waals surface area contributed by atoms with Gasteiger partial charge in [-0.05, 0) is 43.2 Å². The van der Waals surface area contributed by atoms with Gasteiger partial charge in [-0.1, -0.05) is 48.5 Å². The molecule has 6 heteroatoms. The highest BCUT2D eigenvalue weighted by Gasteiger charge is 2.22. The fraction of sp³-hybridized carbons (Fsp3) is 0.360. The number of hydrogen-bond acceptors (Lipinski definition) is 5. The standard InChI is InChI=1S/C25H30N4O2/c1-26-23-15-24(29-22-10-6-5-9-21(22)23)28-20-13-11-18(12-14-20)16-27-25(30)31-17-19-7-3-2-4-8-19/h2-10,15,18,20H,11-14,16-17H2,1H3,(H,27,30)(H2,26,28,29). The minimum atomic E-state index is -0.343. The first kappa shape index (κ1) is 21.0. The summed E-state index contributed by atoms with van der Waals surface area (Å²) in [7, 11) is 1.94. The fourth-order valence-electron chi connectivity index (χ4n) is 4.18. The maximum Gasteiger partial charge on any atom is 0.407 e. The summed E-state index contributed by atoms with van der Waals surface area (Å²) >= 11 is 0. The van der Waals surface area contributed by atoms with Gasteiger partial charge in [0.25, 0.3) is 0 Å². The van der Waals surface area contributed by atoms with Gasteiger partial charge in [0.05, 0.1) is 5.52 Å². The summed E-state index contributed by atoms with van der Waals surface area (Å²) in [4.78, 5) is 16.7. The van der Waals surface area contributed by atoms with Gasteiger partial charge < -0.3 is 20.7 Å². The molecule has 1 heterocycles. The minimum Gasteiger partial charge on any atom is -0.445 e. The molecule has 0 atom stereocenters. The molecule has 0 saturated heterocycles. The lowest BCUT2D eigenvalue weighted by Crippen LogP contribution is -2.34. The molecule has 2 aromatic carbocycles. The Morgan fingerprint density at radius 2 is 1.77 bits per heavy atom. The molecule has 1 aliphatic carbocycles. The molecule has 0 bridgehead atoms. The van der Waals surface area contributed by atoms with Crippen molar-refractivity contribution in [2.24, 2.45) is 5.92 Å². The van der Waals surface area contributed by atoms with Crippen LogP contribution in [0.3, 0.4) is 0 Å². The van der Waals surface area contributed by atoms with Crippen LogP contribution in [0.4, 0.5) is 16.3 Å². The highest BCUT2D eigenvalue weighted by molar-refractivity contribution is 5.92. The largest absolute Gasteiger partial charge is 0.445 e. The Bertz CT molecular complexity index is 1000. The average Bonchev–Trinajstić information content (AvgIpc) is 2.82. The van der Waals surface area contributed by atoms with Crippen LogP contribution >= 0.6 is 0 Å². The Kier molecular flexibility index (Phi) is 6.87. The summed E-state index contributed by atoms with van der Waals surface area (Å²) in [5.74, 6) is 1.40. The van der Waals surface area contributed by atoms with Gasteiger partial charge in [-0.25, -0.2) is 9.78 Å². The molecular formula is C25H30N4O2. The molecule has 1 saturated carbocycles. The van der Waals surface area contributed by atoms with Crippen molar-refractivity contribution in [3.8, 4) is 0 Å². The second-order valence-corrected chi connectivity index (χ2v) is 8.13. The summed E-state index contributed by atoms with van der Waals surface area (Å²) in [6, 6.07) is 20.4. The smallest absolute Gasteiger partial charge is 0.407 e. The third-order valence-electron chi connectivity index (χ3n) is 5.93. The lowest BCUT2D eigenvalue weighted by molar-refractivity contribution is 0.136. The van der Waals surface area contributed by atoms with Crippen LogP contribution in [0.15, 0.2) is 60.7 Å². The number of anilines is 2. The van der Waals surface area contributed by atoms with E-state index in [9.17, 15) is 4.79 Å². The highest BCUT2D eigenvalue weighted by Crippen LogP contribution is 2.29. The number of fused-ring (bicyclic) bond motifs is 1. The molecule has 31 heavy (non-hydrogen) atoms. The van der Waals surface area contributed by atoms with Gasteiger partial charge in [0, 0.05) is 36.8 Å². The first-order chi connectivity index (χ1) is 15.2. The van der Waals surface area contributed by atoms with E-state index in [1.807, 2.05) is 55.6 Å². The van der Waals surface area contributed by atoms with Crippen molar-refractivity contribution < 1.29 is 9.53 Å². The molecule has 0 radical (unpaired) electrons. The number of rotatable bonds is 7. The Morgan fingerprint density at radius 1 is 1.03 bits per heavy atom. The SMILES string of the molecule is CNc1cc(NC2CCC(CNC(=O)OCc3ccccc3)CC2)nc2ccccc12. The number of ether oxygens (including phenoxy) is 1. The Balaban J connectivity index is 1.22. The molecule has 0 unspecified atom stereocenters. The lowest BCUT2D eigenvalue weighted by atomic mass is 9.86. The number of pyridine rings is 1. The zero-order valence-corrected chi connectivity index (χ0v) is 17.9. The molecule has 6 nitrogen and oxygen atoms in total. The number of carbonyl (C=O) groups is 1. The van der Waals surface area contributed by atoms with E-state index in [-0.39, 0.29) is 6.09 Å². The number of nitrogens with zero attached hydrogens (tertiary/aromatic N) is 1. The number of para-hydroxylation sites is 1. The second-order valence-electron chi connectivity index (χ2n) is 8.13. The van der Waals surface area contributed by atoms with Crippen LogP contribution in [0.1, 0.15) is 31.2 Å². The molecule has 1 aliphatic rings. The second kappa shape index (κ2) is 10.2. The molecule has 1 fully saturated rings. The van der Waals surface area contributed by atoms with Crippen molar-refractivity contribution in [3.05, 3.63) is 66.2 Å². The van der Waals surface area contributed by atoms with Crippen molar-refractivity contribution in [2.45, 2.75) is 38.3 Å². The third kappa shape index (κ3) is 5.66. The summed E-state index contributed by atoms with van der Waals surface area (Å²) in [6.07, 6.45) is 3.93. The van der Waals surface area contributed by atoms with Gasteiger partial charge in [0.15, 0.2) is 0 Å².